The van der Waals surface area contributed by atoms with Crippen molar-refractivity contribution in [2.45, 2.75) is 44.1 Å². The molecule has 1 aliphatic carbocycles. The highest BCUT2D eigenvalue weighted by atomic mass is 16.3. The van der Waals surface area contributed by atoms with Gasteiger partial charge in [-0.1, -0.05) is 49.6 Å². The fourth-order valence-electron chi connectivity index (χ4n) is 2.41. The predicted molar refractivity (Wildman–Crippen MR) is 63.4 cm³/mol. The lowest BCUT2D eigenvalue weighted by Crippen LogP contribution is -2.34. The van der Waals surface area contributed by atoms with Gasteiger partial charge in [0.05, 0.1) is 5.60 Å². The zero-order valence-electron chi connectivity index (χ0n) is 9.48. The molecule has 0 atom stereocenters. The van der Waals surface area contributed by atoms with Crippen LogP contribution in [0.15, 0.2) is 30.3 Å². The van der Waals surface area contributed by atoms with Crippen LogP contribution in [0.2, 0.25) is 0 Å². The third-order valence-corrected chi connectivity index (χ3v) is 3.37. The molecule has 86 valence electrons. The topological polar surface area (TPSA) is 37.3 Å². The van der Waals surface area contributed by atoms with Gasteiger partial charge >= 0.3 is 0 Å². The van der Waals surface area contributed by atoms with Crippen molar-refractivity contribution in [3.8, 4) is 0 Å². The molecule has 0 heterocycles. The Hall–Kier alpha value is -1.15. The summed E-state index contributed by atoms with van der Waals surface area (Å²) >= 11 is 0. The highest BCUT2D eigenvalue weighted by Crippen LogP contribution is 2.31. The van der Waals surface area contributed by atoms with E-state index in [1.54, 1.807) is 0 Å². The summed E-state index contributed by atoms with van der Waals surface area (Å²) < 4.78 is 0. The van der Waals surface area contributed by atoms with E-state index in [4.69, 9.17) is 0 Å². The molecule has 1 aromatic rings. The van der Waals surface area contributed by atoms with Crippen molar-refractivity contribution < 1.29 is 9.90 Å². The first-order valence-corrected chi connectivity index (χ1v) is 6.00. The van der Waals surface area contributed by atoms with Crippen LogP contribution in [0.5, 0.6) is 0 Å². The van der Waals surface area contributed by atoms with Crippen molar-refractivity contribution >= 4 is 5.78 Å². The van der Waals surface area contributed by atoms with E-state index in [1.807, 2.05) is 30.3 Å². The van der Waals surface area contributed by atoms with Crippen molar-refractivity contribution in [2.75, 3.05) is 0 Å². The summed E-state index contributed by atoms with van der Waals surface area (Å²) in [7, 11) is 0. The summed E-state index contributed by atoms with van der Waals surface area (Å²) in [6.45, 7) is 0. The van der Waals surface area contributed by atoms with Crippen molar-refractivity contribution in [2.24, 2.45) is 0 Å². The molecule has 2 heteroatoms. The van der Waals surface area contributed by atoms with E-state index < -0.39 is 5.60 Å². The Balaban J connectivity index is 2.01. The predicted octanol–water partition coefficient (Wildman–Crippen LogP) is 2.95. The molecule has 0 saturated heterocycles. The third kappa shape index (κ3) is 2.70. The number of aliphatic hydroxyl groups is 1. The van der Waals surface area contributed by atoms with E-state index in [0.717, 1.165) is 25.7 Å². The SMILES string of the molecule is O=C(CC1(O)CCCCC1)c1ccccc1. The van der Waals surface area contributed by atoms with Gasteiger partial charge in [-0.05, 0) is 12.8 Å². The van der Waals surface area contributed by atoms with E-state index >= 15 is 0 Å². The number of carbonyl (C=O) groups excluding carboxylic acids is 1. The number of carbonyl (C=O) groups is 1. The molecule has 0 bridgehead atoms. The van der Waals surface area contributed by atoms with E-state index in [-0.39, 0.29) is 12.2 Å². The molecule has 2 rings (SSSR count). The van der Waals surface area contributed by atoms with Gasteiger partial charge in [-0.15, -0.1) is 0 Å². The maximum Gasteiger partial charge on any atom is 0.165 e. The molecule has 2 nitrogen and oxygen atoms in total. The van der Waals surface area contributed by atoms with Crippen LogP contribution < -0.4 is 0 Å². The first-order chi connectivity index (χ1) is 7.70. The maximum atomic E-state index is 12.0. The second-order valence-electron chi connectivity index (χ2n) is 4.75. The average molecular weight is 218 g/mol. The van der Waals surface area contributed by atoms with Crippen LogP contribution in [-0.4, -0.2) is 16.5 Å². The molecular weight excluding hydrogens is 200 g/mol. The van der Waals surface area contributed by atoms with E-state index in [9.17, 15) is 9.90 Å². The minimum Gasteiger partial charge on any atom is -0.389 e. The maximum absolute atomic E-state index is 12.0. The van der Waals surface area contributed by atoms with Crippen LogP contribution in [0.3, 0.4) is 0 Å². The molecule has 1 aromatic carbocycles. The van der Waals surface area contributed by atoms with Crippen molar-refractivity contribution in [3.63, 3.8) is 0 Å². The second-order valence-corrected chi connectivity index (χ2v) is 4.75. The van der Waals surface area contributed by atoms with E-state index in [1.165, 1.54) is 6.42 Å². The molecular formula is C14H18O2. The zero-order chi connectivity index (χ0) is 11.4. The molecule has 0 aromatic heterocycles. The Morgan fingerprint density at radius 1 is 1.12 bits per heavy atom. The number of benzene rings is 1. The lowest BCUT2D eigenvalue weighted by molar-refractivity contribution is 0.000335. The fraction of sp³-hybridized carbons (Fsp3) is 0.500. The molecule has 1 fully saturated rings. The Kier molecular flexibility index (Phi) is 3.39. The highest BCUT2D eigenvalue weighted by Gasteiger charge is 2.31. The standard InChI is InChI=1S/C14H18O2/c15-13(12-7-3-1-4-8-12)11-14(16)9-5-2-6-10-14/h1,3-4,7-8,16H,2,5-6,9-11H2. The van der Waals surface area contributed by atoms with Crippen LogP contribution in [0, 0.1) is 0 Å². The Morgan fingerprint density at radius 3 is 2.38 bits per heavy atom. The summed E-state index contributed by atoms with van der Waals surface area (Å²) in [6.07, 6.45) is 5.08. The van der Waals surface area contributed by atoms with Gasteiger partial charge in [0.15, 0.2) is 5.78 Å². The van der Waals surface area contributed by atoms with Crippen molar-refractivity contribution in [3.05, 3.63) is 35.9 Å². The Bertz CT molecular complexity index is 350. The Labute approximate surface area is 96.3 Å². The molecule has 0 spiro atoms. The number of hydrogen-bond donors (Lipinski definition) is 1. The van der Waals surface area contributed by atoms with Gasteiger partial charge in [0.2, 0.25) is 0 Å². The first kappa shape index (κ1) is 11.3. The monoisotopic (exact) mass is 218 g/mol. The summed E-state index contributed by atoms with van der Waals surface area (Å²) in [5.74, 6) is 0.0602. The second kappa shape index (κ2) is 4.79. The largest absolute Gasteiger partial charge is 0.389 e. The summed E-state index contributed by atoms with van der Waals surface area (Å²) in [5.41, 5.74) is -0.0351. The van der Waals surface area contributed by atoms with Crippen molar-refractivity contribution in [1.82, 2.24) is 0 Å². The van der Waals surface area contributed by atoms with E-state index in [2.05, 4.69) is 0 Å². The zero-order valence-corrected chi connectivity index (χ0v) is 9.48. The van der Waals surface area contributed by atoms with Gasteiger partial charge in [0, 0.05) is 12.0 Å². The number of Topliss-reactive ketones (excluding diaryl/α,β-unsaturated/α-hetero) is 1. The number of rotatable bonds is 3. The number of ketones is 1. The van der Waals surface area contributed by atoms with Crippen LogP contribution in [0.25, 0.3) is 0 Å². The molecule has 1 aliphatic rings. The van der Waals surface area contributed by atoms with Crippen LogP contribution in [0.4, 0.5) is 0 Å². The van der Waals surface area contributed by atoms with Gasteiger partial charge in [-0.25, -0.2) is 0 Å². The molecule has 0 unspecified atom stereocenters. The highest BCUT2D eigenvalue weighted by molar-refractivity contribution is 5.96. The smallest absolute Gasteiger partial charge is 0.165 e. The van der Waals surface area contributed by atoms with Gasteiger partial charge in [-0.2, -0.15) is 0 Å². The summed E-state index contributed by atoms with van der Waals surface area (Å²) in [5, 5.41) is 10.3. The lowest BCUT2D eigenvalue weighted by Gasteiger charge is -2.31. The normalized spacial score (nSPS) is 19.3. The molecule has 0 amide bonds. The van der Waals surface area contributed by atoms with E-state index in [0.29, 0.717) is 5.56 Å². The quantitative estimate of drug-likeness (QED) is 0.792. The van der Waals surface area contributed by atoms with Gasteiger partial charge in [0.25, 0.3) is 0 Å². The molecule has 0 aliphatic heterocycles. The summed E-state index contributed by atoms with van der Waals surface area (Å²) in [4.78, 5) is 12.0. The molecule has 1 saturated carbocycles. The van der Waals surface area contributed by atoms with Crippen molar-refractivity contribution in [1.29, 1.82) is 0 Å². The van der Waals surface area contributed by atoms with Crippen LogP contribution >= 0.6 is 0 Å². The summed E-state index contributed by atoms with van der Waals surface area (Å²) in [6, 6.07) is 9.24. The molecule has 1 N–H and O–H groups in total. The average Bonchev–Trinajstić information content (AvgIpc) is 2.30. The lowest BCUT2D eigenvalue weighted by atomic mass is 9.80. The van der Waals surface area contributed by atoms with Gasteiger partial charge in [-0.3, -0.25) is 4.79 Å². The molecule has 16 heavy (non-hydrogen) atoms. The Morgan fingerprint density at radius 2 is 1.75 bits per heavy atom. The molecule has 0 radical (unpaired) electrons. The fourth-order valence-corrected chi connectivity index (χ4v) is 2.41. The van der Waals surface area contributed by atoms with Gasteiger partial charge in [0.1, 0.15) is 0 Å². The van der Waals surface area contributed by atoms with Gasteiger partial charge < -0.3 is 5.11 Å². The minimum absolute atomic E-state index is 0.0602. The first-order valence-electron chi connectivity index (χ1n) is 6.00. The van der Waals surface area contributed by atoms with Crippen LogP contribution in [0.1, 0.15) is 48.9 Å². The number of hydrogen-bond acceptors (Lipinski definition) is 2. The minimum atomic E-state index is -0.745. The third-order valence-electron chi connectivity index (χ3n) is 3.37. The van der Waals surface area contributed by atoms with Crippen LogP contribution in [-0.2, 0) is 0 Å².